The van der Waals surface area contributed by atoms with Crippen molar-refractivity contribution >= 4 is 12.0 Å². The summed E-state index contributed by atoms with van der Waals surface area (Å²) in [5, 5.41) is 0. The van der Waals surface area contributed by atoms with E-state index in [4.69, 9.17) is 9.15 Å². The topological polar surface area (TPSA) is 39.4 Å². The fraction of sp³-hybridized carbons (Fsp3) is 0.300. The quantitative estimate of drug-likeness (QED) is 0.529. The zero-order chi connectivity index (χ0) is 9.68. The molecule has 0 amide bonds. The van der Waals surface area contributed by atoms with Gasteiger partial charge < -0.3 is 9.15 Å². The van der Waals surface area contributed by atoms with Crippen molar-refractivity contribution in [2.75, 3.05) is 0 Å². The summed E-state index contributed by atoms with van der Waals surface area (Å²) < 4.78 is 9.72. The minimum Gasteiger partial charge on any atom is -0.472 e. The smallest absolute Gasteiger partial charge is 0.331 e. The van der Waals surface area contributed by atoms with Crippen LogP contribution in [0.15, 0.2) is 29.1 Å². The van der Waals surface area contributed by atoms with Crippen molar-refractivity contribution in [3.63, 3.8) is 0 Å². The van der Waals surface area contributed by atoms with Gasteiger partial charge in [-0.1, -0.05) is 0 Å². The average Bonchev–Trinajstić information content (AvgIpc) is 2.51. The van der Waals surface area contributed by atoms with Crippen LogP contribution in [0, 0.1) is 0 Å². The van der Waals surface area contributed by atoms with Gasteiger partial charge in [-0.05, 0) is 26.0 Å². The maximum absolute atomic E-state index is 11.0. The summed E-state index contributed by atoms with van der Waals surface area (Å²) in [4.78, 5) is 11.0. The first-order chi connectivity index (χ1) is 6.18. The number of rotatable bonds is 3. The van der Waals surface area contributed by atoms with Crippen LogP contribution in [0.4, 0.5) is 0 Å². The Morgan fingerprint density at radius 2 is 2.38 bits per heavy atom. The highest BCUT2D eigenvalue weighted by atomic mass is 16.5. The lowest BCUT2D eigenvalue weighted by atomic mass is 10.3. The van der Waals surface area contributed by atoms with E-state index in [0.29, 0.717) is 0 Å². The minimum atomic E-state index is -0.337. The summed E-state index contributed by atoms with van der Waals surface area (Å²) in [6.07, 6.45) is 6.05. The van der Waals surface area contributed by atoms with Gasteiger partial charge in [0, 0.05) is 11.6 Å². The lowest BCUT2D eigenvalue weighted by Crippen LogP contribution is -2.08. The van der Waals surface area contributed by atoms with Crippen LogP contribution in [-0.2, 0) is 9.53 Å². The number of carbonyl (C=O) groups excluding carboxylic acids is 1. The molecule has 0 aromatic carbocycles. The van der Waals surface area contributed by atoms with Crippen LogP contribution in [-0.4, -0.2) is 12.1 Å². The molecule has 3 nitrogen and oxygen atoms in total. The van der Waals surface area contributed by atoms with E-state index in [9.17, 15) is 4.79 Å². The molecule has 0 aliphatic carbocycles. The molecule has 70 valence electrons. The highest BCUT2D eigenvalue weighted by Gasteiger charge is 1.99. The number of ether oxygens (including phenoxy) is 1. The van der Waals surface area contributed by atoms with Crippen LogP contribution in [0.5, 0.6) is 0 Å². The van der Waals surface area contributed by atoms with E-state index in [1.807, 2.05) is 13.8 Å². The van der Waals surface area contributed by atoms with Crippen molar-refractivity contribution in [2.24, 2.45) is 0 Å². The summed E-state index contributed by atoms with van der Waals surface area (Å²) in [5.74, 6) is -0.337. The van der Waals surface area contributed by atoms with Gasteiger partial charge in [0.05, 0.1) is 18.6 Å². The molecule has 0 saturated heterocycles. The second kappa shape index (κ2) is 4.50. The Morgan fingerprint density at radius 3 is 2.92 bits per heavy atom. The zero-order valence-electron chi connectivity index (χ0n) is 7.69. The van der Waals surface area contributed by atoms with Crippen molar-refractivity contribution in [3.8, 4) is 0 Å². The van der Waals surface area contributed by atoms with Crippen molar-refractivity contribution in [3.05, 3.63) is 30.2 Å². The molecule has 0 bridgehead atoms. The van der Waals surface area contributed by atoms with Gasteiger partial charge >= 0.3 is 5.97 Å². The number of carbonyl (C=O) groups is 1. The van der Waals surface area contributed by atoms with Crippen molar-refractivity contribution < 1.29 is 13.9 Å². The van der Waals surface area contributed by atoms with Crippen molar-refractivity contribution in [1.82, 2.24) is 0 Å². The third-order valence-electron chi connectivity index (χ3n) is 1.31. The second-order valence-corrected chi connectivity index (χ2v) is 2.88. The average molecular weight is 180 g/mol. The van der Waals surface area contributed by atoms with Crippen LogP contribution in [0.25, 0.3) is 6.08 Å². The maximum Gasteiger partial charge on any atom is 0.331 e. The molecule has 3 heteroatoms. The maximum atomic E-state index is 11.0. The molecule has 0 atom stereocenters. The van der Waals surface area contributed by atoms with Gasteiger partial charge in [-0.2, -0.15) is 0 Å². The first-order valence-electron chi connectivity index (χ1n) is 4.09. The van der Waals surface area contributed by atoms with Gasteiger partial charge in [0.15, 0.2) is 0 Å². The molecule has 1 heterocycles. The number of hydrogen-bond donors (Lipinski definition) is 0. The Bertz CT molecular complexity index is 283. The van der Waals surface area contributed by atoms with Gasteiger partial charge in [-0.3, -0.25) is 0 Å². The molecule has 1 aromatic heterocycles. The van der Waals surface area contributed by atoms with Crippen LogP contribution in [0.1, 0.15) is 19.4 Å². The molecule has 0 N–H and O–H groups in total. The van der Waals surface area contributed by atoms with Gasteiger partial charge in [0.25, 0.3) is 0 Å². The molecule has 0 spiro atoms. The van der Waals surface area contributed by atoms with E-state index in [2.05, 4.69) is 0 Å². The number of esters is 1. The molecule has 0 aliphatic rings. The van der Waals surface area contributed by atoms with Crippen molar-refractivity contribution in [1.29, 1.82) is 0 Å². The molecule has 0 fully saturated rings. The fourth-order valence-electron chi connectivity index (χ4n) is 0.806. The van der Waals surface area contributed by atoms with Gasteiger partial charge in [-0.15, -0.1) is 0 Å². The van der Waals surface area contributed by atoms with Crippen LogP contribution >= 0.6 is 0 Å². The SMILES string of the molecule is CC(C)OC(=O)/C=C/c1ccoc1. The number of furan rings is 1. The van der Waals surface area contributed by atoms with Crippen molar-refractivity contribution in [2.45, 2.75) is 20.0 Å². The highest BCUT2D eigenvalue weighted by Crippen LogP contribution is 2.02. The molecule has 0 radical (unpaired) electrons. The molecular weight excluding hydrogens is 168 g/mol. The summed E-state index contributed by atoms with van der Waals surface area (Å²) in [7, 11) is 0. The predicted octanol–water partition coefficient (Wildman–Crippen LogP) is 2.24. The van der Waals surface area contributed by atoms with Crippen LogP contribution in [0.2, 0.25) is 0 Å². The molecule has 1 aromatic rings. The first-order valence-corrected chi connectivity index (χ1v) is 4.09. The van der Waals surface area contributed by atoms with E-state index in [1.54, 1.807) is 24.7 Å². The van der Waals surface area contributed by atoms with Crippen LogP contribution < -0.4 is 0 Å². The monoisotopic (exact) mass is 180 g/mol. The van der Waals surface area contributed by atoms with E-state index in [-0.39, 0.29) is 12.1 Å². The summed E-state index contributed by atoms with van der Waals surface area (Å²) >= 11 is 0. The second-order valence-electron chi connectivity index (χ2n) is 2.88. The third-order valence-corrected chi connectivity index (χ3v) is 1.31. The zero-order valence-corrected chi connectivity index (χ0v) is 7.69. The Hall–Kier alpha value is -1.51. The Labute approximate surface area is 77.0 Å². The van der Waals surface area contributed by atoms with Crippen LogP contribution in [0.3, 0.4) is 0 Å². The number of hydrogen-bond acceptors (Lipinski definition) is 3. The lowest BCUT2D eigenvalue weighted by Gasteiger charge is -2.03. The Morgan fingerprint density at radius 1 is 1.62 bits per heavy atom. The minimum absolute atomic E-state index is 0.0819. The molecular formula is C10H12O3. The first kappa shape index (κ1) is 9.58. The summed E-state index contributed by atoms with van der Waals surface area (Å²) in [6, 6.07) is 1.76. The van der Waals surface area contributed by atoms with Gasteiger partial charge in [0.2, 0.25) is 0 Å². The van der Waals surface area contributed by atoms with E-state index >= 15 is 0 Å². The largest absolute Gasteiger partial charge is 0.472 e. The lowest BCUT2D eigenvalue weighted by molar-refractivity contribution is -0.141. The molecule has 13 heavy (non-hydrogen) atoms. The molecule has 0 saturated carbocycles. The Kier molecular flexibility index (Phi) is 3.31. The molecule has 0 unspecified atom stereocenters. The summed E-state index contributed by atoms with van der Waals surface area (Å²) in [5.41, 5.74) is 0.848. The summed E-state index contributed by atoms with van der Waals surface area (Å²) in [6.45, 7) is 3.62. The predicted molar refractivity (Wildman–Crippen MR) is 49.0 cm³/mol. The molecule has 1 rings (SSSR count). The highest BCUT2D eigenvalue weighted by molar-refractivity contribution is 5.87. The Balaban J connectivity index is 2.44. The van der Waals surface area contributed by atoms with E-state index in [0.717, 1.165) is 5.56 Å². The standard InChI is InChI=1S/C10H12O3/c1-8(2)13-10(11)4-3-9-5-6-12-7-9/h3-8H,1-2H3/b4-3+. The van der Waals surface area contributed by atoms with Gasteiger partial charge in [-0.25, -0.2) is 4.79 Å². The third kappa shape index (κ3) is 3.60. The van der Waals surface area contributed by atoms with E-state index in [1.165, 1.54) is 6.08 Å². The van der Waals surface area contributed by atoms with E-state index < -0.39 is 0 Å². The molecule has 0 aliphatic heterocycles. The fourth-order valence-corrected chi connectivity index (χ4v) is 0.806. The normalized spacial score (nSPS) is 11.0. The van der Waals surface area contributed by atoms with Gasteiger partial charge in [0.1, 0.15) is 0 Å².